The largest absolute Gasteiger partial charge is 0.508 e. The van der Waals surface area contributed by atoms with Gasteiger partial charge in [0.15, 0.2) is 0 Å². The molecule has 17 heavy (non-hydrogen) atoms. The summed E-state index contributed by atoms with van der Waals surface area (Å²) in [5, 5.41) is 18.9. The van der Waals surface area contributed by atoms with Gasteiger partial charge in [-0.1, -0.05) is 12.8 Å². The van der Waals surface area contributed by atoms with Crippen LogP contribution in [0.2, 0.25) is 0 Å². The molecule has 1 aromatic carbocycles. The molecule has 1 aromatic rings. The van der Waals surface area contributed by atoms with Crippen molar-refractivity contribution in [3.05, 3.63) is 29.1 Å². The molecule has 2 N–H and O–H groups in total. The van der Waals surface area contributed by atoms with Gasteiger partial charge in [-0.25, -0.2) is 4.39 Å². The van der Waals surface area contributed by atoms with Crippen molar-refractivity contribution in [3.8, 4) is 5.75 Å². The minimum absolute atomic E-state index is 0.0774. The number of aromatic hydroxyl groups is 1. The van der Waals surface area contributed by atoms with Crippen LogP contribution in [0.25, 0.3) is 0 Å². The quantitative estimate of drug-likeness (QED) is 0.832. The van der Waals surface area contributed by atoms with Crippen LogP contribution in [0, 0.1) is 12.7 Å². The van der Waals surface area contributed by atoms with E-state index in [0.29, 0.717) is 12.8 Å². The van der Waals surface area contributed by atoms with Gasteiger partial charge in [0.1, 0.15) is 11.6 Å². The molecule has 0 unspecified atom stereocenters. The summed E-state index contributed by atoms with van der Waals surface area (Å²) in [6.07, 6.45) is 2.42. The van der Waals surface area contributed by atoms with Gasteiger partial charge in [0.2, 0.25) is 0 Å². The molecular weight excluding hydrogens is 223 g/mol. The first-order chi connectivity index (χ1) is 7.97. The molecule has 1 saturated carbocycles. The van der Waals surface area contributed by atoms with Crippen molar-refractivity contribution in [1.82, 2.24) is 0 Å². The van der Waals surface area contributed by atoms with E-state index in [0.717, 1.165) is 12.8 Å². The average Bonchev–Trinajstić information content (AvgIpc) is 2.73. The monoisotopic (exact) mass is 238 g/mol. The highest BCUT2D eigenvalue weighted by Crippen LogP contribution is 2.43. The van der Waals surface area contributed by atoms with Gasteiger partial charge in [-0.3, -0.25) is 4.79 Å². The Morgan fingerprint density at radius 1 is 1.35 bits per heavy atom. The van der Waals surface area contributed by atoms with Gasteiger partial charge < -0.3 is 10.2 Å². The summed E-state index contributed by atoms with van der Waals surface area (Å²) < 4.78 is 14.1. The summed E-state index contributed by atoms with van der Waals surface area (Å²) in [4.78, 5) is 11.5. The number of phenolic OH excluding ortho intramolecular Hbond substituents is 1. The number of rotatable bonds is 2. The van der Waals surface area contributed by atoms with Gasteiger partial charge >= 0.3 is 5.97 Å². The Morgan fingerprint density at radius 3 is 2.47 bits per heavy atom. The van der Waals surface area contributed by atoms with Crippen LogP contribution in [0.15, 0.2) is 12.1 Å². The van der Waals surface area contributed by atoms with Crippen LogP contribution in [-0.2, 0) is 10.2 Å². The summed E-state index contributed by atoms with van der Waals surface area (Å²) in [6, 6.07) is 2.56. The lowest BCUT2D eigenvalue weighted by molar-refractivity contribution is -0.143. The normalized spacial score (nSPS) is 18.2. The molecule has 0 aliphatic heterocycles. The van der Waals surface area contributed by atoms with Crippen LogP contribution >= 0.6 is 0 Å². The van der Waals surface area contributed by atoms with E-state index in [1.165, 1.54) is 19.1 Å². The van der Waals surface area contributed by atoms with E-state index in [-0.39, 0.29) is 16.9 Å². The number of benzene rings is 1. The second kappa shape index (κ2) is 4.02. The van der Waals surface area contributed by atoms with Gasteiger partial charge in [-0.15, -0.1) is 0 Å². The Bertz CT molecular complexity index is 462. The SMILES string of the molecule is Cc1cc(O)cc(C2(C(=O)O)CCCC2)c1F. The van der Waals surface area contributed by atoms with Gasteiger partial charge in [0.05, 0.1) is 5.41 Å². The number of phenols is 1. The molecule has 0 aromatic heterocycles. The fraction of sp³-hybridized carbons (Fsp3) is 0.462. The van der Waals surface area contributed by atoms with Crippen molar-refractivity contribution in [2.75, 3.05) is 0 Å². The predicted molar refractivity (Wildman–Crippen MR) is 60.6 cm³/mol. The third kappa shape index (κ3) is 1.77. The highest BCUT2D eigenvalue weighted by molar-refractivity contribution is 5.82. The standard InChI is InChI=1S/C13H15FO3/c1-8-6-9(15)7-10(11(8)14)13(12(16)17)4-2-3-5-13/h6-7,15H,2-5H2,1H3,(H,16,17). The topological polar surface area (TPSA) is 57.5 Å². The second-order valence-electron chi connectivity index (χ2n) is 4.72. The Morgan fingerprint density at radius 2 is 1.94 bits per heavy atom. The number of aliphatic carboxylic acids is 1. The van der Waals surface area contributed by atoms with E-state index in [2.05, 4.69) is 0 Å². The molecule has 0 radical (unpaired) electrons. The zero-order chi connectivity index (χ0) is 12.6. The Hall–Kier alpha value is -1.58. The van der Waals surface area contributed by atoms with Gasteiger partial charge in [-0.05, 0) is 37.5 Å². The van der Waals surface area contributed by atoms with Crippen molar-refractivity contribution in [1.29, 1.82) is 0 Å². The molecule has 4 heteroatoms. The molecule has 0 bridgehead atoms. The summed E-state index contributed by atoms with van der Waals surface area (Å²) in [7, 11) is 0. The number of aryl methyl sites for hydroxylation is 1. The van der Waals surface area contributed by atoms with E-state index in [1.807, 2.05) is 0 Å². The fourth-order valence-corrected chi connectivity index (χ4v) is 2.68. The lowest BCUT2D eigenvalue weighted by atomic mass is 9.78. The molecule has 3 nitrogen and oxygen atoms in total. The maximum absolute atomic E-state index is 14.1. The summed E-state index contributed by atoms with van der Waals surface area (Å²) >= 11 is 0. The first-order valence-electron chi connectivity index (χ1n) is 5.70. The van der Waals surface area contributed by atoms with Crippen LogP contribution < -0.4 is 0 Å². The van der Waals surface area contributed by atoms with E-state index in [9.17, 15) is 19.4 Å². The molecule has 1 aliphatic carbocycles. The number of hydrogen-bond donors (Lipinski definition) is 2. The Labute approximate surface area is 98.9 Å². The number of carboxylic acids is 1. The highest BCUT2D eigenvalue weighted by atomic mass is 19.1. The van der Waals surface area contributed by atoms with Crippen LogP contribution in [0.4, 0.5) is 4.39 Å². The molecule has 0 heterocycles. The second-order valence-corrected chi connectivity index (χ2v) is 4.72. The summed E-state index contributed by atoms with van der Waals surface area (Å²) in [5.41, 5.74) is -0.749. The number of carbonyl (C=O) groups is 1. The average molecular weight is 238 g/mol. The number of hydrogen-bond acceptors (Lipinski definition) is 2. The van der Waals surface area contributed by atoms with Crippen molar-refractivity contribution >= 4 is 5.97 Å². The third-order valence-electron chi connectivity index (χ3n) is 3.62. The molecule has 1 fully saturated rings. The third-order valence-corrected chi connectivity index (χ3v) is 3.62. The lowest BCUT2D eigenvalue weighted by Crippen LogP contribution is -2.33. The van der Waals surface area contributed by atoms with Crippen molar-refractivity contribution in [3.63, 3.8) is 0 Å². The maximum atomic E-state index is 14.1. The molecule has 1 aliphatic rings. The zero-order valence-corrected chi connectivity index (χ0v) is 9.66. The van der Waals surface area contributed by atoms with Crippen LogP contribution in [-0.4, -0.2) is 16.2 Å². The first kappa shape index (κ1) is 11.9. The molecule has 92 valence electrons. The molecule has 0 spiro atoms. The molecule has 0 saturated heterocycles. The molecule has 0 atom stereocenters. The van der Waals surface area contributed by atoms with E-state index in [1.54, 1.807) is 0 Å². The van der Waals surface area contributed by atoms with Crippen molar-refractivity contribution < 1.29 is 19.4 Å². The molecule has 2 rings (SSSR count). The van der Waals surface area contributed by atoms with Gasteiger partial charge in [-0.2, -0.15) is 0 Å². The smallest absolute Gasteiger partial charge is 0.314 e. The lowest BCUT2D eigenvalue weighted by Gasteiger charge is -2.25. The van der Waals surface area contributed by atoms with E-state index >= 15 is 0 Å². The van der Waals surface area contributed by atoms with Gasteiger partial charge in [0, 0.05) is 5.56 Å². The Kier molecular flexibility index (Phi) is 2.81. The first-order valence-corrected chi connectivity index (χ1v) is 5.70. The Balaban J connectivity index is 2.62. The van der Waals surface area contributed by atoms with Crippen LogP contribution in [0.3, 0.4) is 0 Å². The minimum Gasteiger partial charge on any atom is -0.508 e. The van der Waals surface area contributed by atoms with E-state index < -0.39 is 17.2 Å². The molecular formula is C13H15FO3. The minimum atomic E-state index is -1.16. The van der Waals surface area contributed by atoms with Crippen molar-refractivity contribution in [2.24, 2.45) is 0 Å². The predicted octanol–water partition coefficient (Wildman–Crippen LogP) is 2.74. The highest BCUT2D eigenvalue weighted by Gasteiger charge is 2.45. The van der Waals surface area contributed by atoms with Gasteiger partial charge in [0.25, 0.3) is 0 Å². The summed E-state index contributed by atoms with van der Waals surface area (Å²) in [5.74, 6) is -1.59. The molecule has 0 amide bonds. The van der Waals surface area contributed by atoms with E-state index in [4.69, 9.17) is 0 Å². The van der Waals surface area contributed by atoms with Crippen molar-refractivity contribution in [2.45, 2.75) is 38.0 Å². The van der Waals surface area contributed by atoms with Crippen LogP contribution in [0.5, 0.6) is 5.75 Å². The van der Waals surface area contributed by atoms with Crippen LogP contribution in [0.1, 0.15) is 36.8 Å². The summed E-state index contributed by atoms with van der Waals surface area (Å²) in [6.45, 7) is 1.53. The zero-order valence-electron chi connectivity index (χ0n) is 9.66. The fourth-order valence-electron chi connectivity index (χ4n) is 2.68. The maximum Gasteiger partial charge on any atom is 0.314 e. The number of carboxylic acid groups (broad SMARTS) is 1. The number of halogens is 1.